The van der Waals surface area contributed by atoms with Crippen LogP contribution in [0, 0.1) is 6.92 Å². The molecule has 2 aromatic rings. The summed E-state index contributed by atoms with van der Waals surface area (Å²) in [5.41, 5.74) is 2.31. The van der Waals surface area contributed by atoms with E-state index in [9.17, 15) is 4.79 Å². The molecule has 106 valence electrons. The molecule has 0 bridgehead atoms. The lowest BCUT2D eigenvalue weighted by atomic mass is 10.1. The minimum atomic E-state index is -0.0858. The van der Waals surface area contributed by atoms with Crippen LogP contribution in [-0.2, 0) is 11.2 Å². The minimum Gasteiger partial charge on any atom is -0.407 e. The molecule has 2 rings (SSSR count). The fraction of sp³-hybridized carbons (Fsp3) is 0.400. The molecule has 0 aliphatic carbocycles. The maximum absolute atomic E-state index is 11.5. The van der Waals surface area contributed by atoms with Gasteiger partial charge >= 0.3 is 6.01 Å². The van der Waals surface area contributed by atoms with Crippen LogP contribution < -0.4 is 5.32 Å². The molecule has 1 aromatic heterocycles. The van der Waals surface area contributed by atoms with Gasteiger partial charge in [0.25, 0.3) is 0 Å². The molecule has 0 aliphatic heterocycles. The van der Waals surface area contributed by atoms with Crippen LogP contribution in [-0.4, -0.2) is 16.1 Å². The van der Waals surface area contributed by atoms with Crippen LogP contribution in [0.2, 0.25) is 0 Å². The van der Waals surface area contributed by atoms with Crippen LogP contribution in [0.25, 0.3) is 0 Å². The Balaban J connectivity index is 1.91. The maximum atomic E-state index is 11.5. The molecule has 0 fully saturated rings. The quantitative estimate of drug-likeness (QED) is 0.878. The molecular formula is C15H19N3O2. The predicted molar refractivity (Wildman–Crippen MR) is 76.4 cm³/mol. The fourth-order valence-corrected chi connectivity index (χ4v) is 1.78. The van der Waals surface area contributed by atoms with E-state index in [1.165, 1.54) is 5.56 Å². The van der Waals surface area contributed by atoms with Crippen LogP contribution >= 0.6 is 0 Å². The van der Waals surface area contributed by atoms with Gasteiger partial charge in [0.2, 0.25) is 11.8 Å². The second kappa shape index (κ2) is 6.84. The van der Waals surface area contributed by atoms with E-state index in [-0.39, 0.29) is 11.9 Å². The van der Waals surface area contributed by atoms with Gasteiger partial charge in [0.15, 0.2) is 0 Å². The summed E-state index contributed by atoms with van der Waals surface area (Å²) in [6, 6.07) is 8.31. The Bertz CT molecular complexity index is 561. The van der Waals surface area contributed by atoms with E-state index < -0.39 is 0 Å². The number of hydrogen-bond acceptors (Lipinski definition) is 4. The van der Waals surface area contributed by atoms with E-state index in [2.05, 4.69) is 15.5 Å². The molecule has 20 heavy (non-hydrogen) atoms. The number of unbranched alkanes of at least 4 members (excludes halogenated alkanes) is 1. The van der Waals surface area contributed by atoms with E-state index in [1.807, 2.05) is 38.1 Å². The summed E-state index contributed by atoms with van der Waals surface area (Å²) in [4.78, 5) is 11.5. The lowest BCUT2D eigenvalue weighted by Crippen LogP contribution is -2.11. The first-order valence-corrected chi connectivity index (χ1v) is 6.85. The van der Waals surface area contributed by atoms with Crippen LogP contribution in [0.4, 0.5) is 6.01 Å². The maximum Gasteiger partial charge on any atom is 0.322 e. The van der Waals surface area contributed by atoms with Crippen LogP contribution in [0.15, 0.2) is 28.7 Å². The van der Waals surface area contributed by atoms with Crippen molar-refractivity contribution in [3.63, 3.8) is 0 Å². The lowest BCUT2D eigenvalue weighted by Gasteiger charge is -1.99. The van der Waals surface area contributed by atoms with E-state index >= 15 is 0 Å². The standard InChI is InChI=1S/C15H19N3O2/c1-3-4-5-13(19)16-15-18-17-14(20-15)10-12-8-6-11(2)7-9-12/h6-9H,3-5,10H2,1-2H3,(H,16,18,19). The highest BCUT2D eigenvalue weighted by atomic mass is 16.4. The van der Waals surface area contributed by atoms with E-state index in [0.29, 0.717) is 18.7 Å². The number of aromatic nitrogens is 2. The summed E-state index contributed by atoms with van der Waals surface area (Å²) in [6.07, 6.45) is 2.89. The SMILES string of the molecule is CCCCC(=O)Nc1nnc(Cc2ccc(C)cc2)o1. The van der Waals surface area contributed by atoms with Gasteiger partial charge in [0.1, 0.15) is 0 Å². The molecule has 0 spiro atoms. The van der Waals surface area contributed by atoms with Crippen molar-refractivity contribution in [3.8, 4) is 0 Å². The van der Waals surface area contributed by atoms with Crippen molar-refractivity contribution >= 4 is 11.9 Å². The zero-order chi connectivity index (χ0) is 14.4. The Kier molecular flexibility index (Phi) is 4.87. The number of rotatable bonds is 6. The number of anilines is 1. The third kappa shape index (κ3) is 4.19. The molecule has 0 atom stereocenters. The molecule has 0 radical (unpaired) electrons. The first kappa shape index (κ1) is 14.2. The van der Waals surface area contributed by atoms with Gasteiger partial charge in [0.05, 0.1) is 6.42 Å². The minimum absolute atomic E-state index is 0.0858. The van der Waals surface area contributed by atoms with Crippen molar-refractivity contribution in [1.82, 2.24) is 10.2 Å². The molecule has 1 aromatic carbocycles. The Morgan fingerprint density at radius 3 is 2.70 bits per heavy atom. The van der Waals surface area contributed by atoms with Gasteiger partial charge in [-0.1, -0.05) is 48.3 Å². The van der Waals surface area contributed by atoms with Crippen molar-refractivity contribution in [2.24, 2.45) is 0 Å². The number of aryl methyl sites for hydroxylation is 1. The highest BCUT2D eigenvalue weighted by Crippen LogP contribution is 2.12. The molecule has 0 saturated heterocycles. The van der Waals surface area contributed by atoms with Crippen molar-refractivity contribution in [3.05, 3.63) is 41.3 Å². The Morgan fingerprint density at radius 1 is 1.25 bits per heavy atom. The van der Waals surface area contributed by atoms with Crippen molar-refractivity contribution in [2.75, 3.05) is 5.32 Å². The summed E-state index contributed by atoms with van der Waals surface area (Å²) in [6.45, 7) is 4.08. The summed E-state index contributed by atoms with van der Waals surface area (Å²) >= 11 is 0. The average molecular weight is 273 g/mol. The number of carbonyl (C=O) groups is 1. The highest BCUT2D eigenvalue weighted by molar-refractivity contribution is 5.88. The lowest BCUT2D eigenvalue weighted by molar-refractivity contribution is -0.116. The second-order valence-electron chi connectivity index (χ2n) is 4.82. The molecule has 0 unspecified atom stereocenters. The Hall–Kier alpha value is -2.17. The smallest absolute Gasteiger partial charge is 0.322 e. The van der Waals surface area contributed by atoms with Crippen molar-refractivity contribution in [1.29, 1.82) is 0 Å². The number of nitrogens with zero attached hydrogens (tertiary/aromatic N) is 2. The molecule has 0 aliphatic rings. The number of benzene rings is 1. The van der Waals surface area contributed by atoms with Gasteiger partial charge in [-0.05, 0) is 18.9 Å². The highest BCUT2D eigenvalue weighted by Gasteiger charge is 2.09. The van der Waals surface area contributed by atoms with Crippen LogP contribution in [0.5, 0.6) is 0 Å². The second-order valence-corrected chi connectivity index (χ2v) is 4.82. The van der Waals surface area contributed by atoms with Gasteiger partial charge in [0, 0.05) is 6.42 Å². The van der Waals surface area contributed by atoms with Crippen molar-refractivity contribution in [2.45, 2.75) is 39.5 Å². The van der Waals surface area contributed by atoms with E-state index in [4.69, 9.17) is 4.42 Å². The Morgan fingerprint density at radius 2 is 2.00 bits per heavy atom. The van der Waals surface area contributed by atoms with Gasteiger partial charge in [-0.2, -0.15) is 0 Å². The third-order valence-corrected chi connectivity index (χ3v) is 2.95. The zero-order valence-corrected chi connectivity index (χ0v) is 11.8. The molecule has 1 heterocycles. The topological polar surface area (TPSA) is 68.0 Å². The van der Waals surface area contributed by atoms with E-state index in [1.54, 1.807) is 0 Å². The molecular weight excluding hydrogens is 254 g/mol. The summed E-state index contributed by atoms with van der Waals surface area (Å²) < 4.78 is 5.41. The van der Waals surface area contributed by atoms with Crippen LogP contribution in [0.1, 0.15) is 43.2 Å². The average Bonchev–Trinajstić information content (AvgIpc) is 2.86. The first-order valence-electron chi connectivity index (χ1n) is 6.85. The number of amides is 1. The molecule has 5 heteroatoms. The van der Waals surface area contributed by atoms with Gasteiger partial charge < -0.3 is 4.42 Å². The summed E-state index contributed by atoms with van der Waals surface area (Å²) in [5, 5.41) is 10.4. The normalized spacial score (nSPS) is 10.5. The molecule has 5 nitrogen and oxygen atoms in total. The zero-order valence-electron chi connectivity index (χ0n) is 11.8. The monoisotopic (exact) mass is 273 g/mol. The number of nitrogens with one attached hydrogen (secondary N) is 1. The fourth-order valence-electron chi connectivity index (χ4n) is 1.78. The summed E-state index contributed by atoms with van der Waals surface area (Å²) in [7, 11) is 0. The predicted octanol–water partition coefficient (Wildman–Crippen LogP) is 3.10. The Labute approximate surface area is 118 Å². The molecule has 0 saturated carbocycles. The van der Waals surface area contributed by atoms with Gasteiger partial charge in [-0.3, -0.25) is 10.1 Å². The third-order valence-electron chi connectivity index (χ3n) is 2.95. The van der Waals surface area contributed by atoms with E-state index in [0.717, 1.165) is 18.4 Å². The first-order chi connectivity index (χ1) is 9.67. The number of hydrogen-bond donors (Lipinski definition) is 1. The summed E-state index contributed by atoms with van der Waals surface area (Å²) in [5.74, 6) is 0.414. The van der Waals surface area contributed by atoms with Gasteiger partial charge in [-0.25, -0.2) is 0 Å². The number of carbonyl (C=O) groups excluding carboxylic acids is 1. The van der Waals surface area contributed by atoms with Gasteiger partial charge in [-0.15, -0.1) is 5.10 Å². The van der Waals surface area contributed by atoms with Crippen molar-refractivity contribution < 1.29 is 9.21 Å². The molecule has 1 amide bonds. The largest absolute Gasteiger partial charge is 0.407 e. The molecule has 1 N–H and O–H groups in total. The van der Waals surface area contributed by atoms with Crippen LogP contribution in [0.3, 0.4) is 0 Å².